The molecule has 0 heterocycles. The number of hydrogen-bond donors (Lipinski definition) is 2. The molecule has 4 heteroatoms. The summed E-state index contributed by atoms with van der Waals surface area (Å²) >= 11 is 0. The molecule has 0 unspecified atom stereocenters. The van der Waals surface area contributed by atoms with E-state index in [4.69, 9.17) is 4.74 Å². The van der Waals surface area contributed by atoms with Gasteiger partial charge in [0.05, 0.1) is 0 Å². The van der Waals surface area contributed by atoms with E-state index in [2.05, 4.69) is 29.3 Å². The number of carbonyl (C=O) groups excluding carboxylic acids is 1. The maximum atomic E-state index is 11.2. The van der Waals surface area contributed by atoms with Crippen molar-refractivity contribution in [2.24, 2.45) is 0 Å². The molecule has 18 heavy (non-hydrogen) atoms. The predicted molar refractivity (Wildman–Crippen MR) is 72.3 cm³/mol. The number of alkyl carbamates (subject to hydrolysis) is 1. The minimum atomic E-state index is -0.414. The van der Waals surface area contributed by atoms with E-state index < -0.39 is 6.09 Å². The van der Waals surface area contributed by atoms with E-state index in [1.807, 2.05) is 25.1 Å². The van der Waals surface area contributed by atoms with Crippen molar-refractivity contribution >= 4 is 6.09 Å². The highest BCUT2D eigenvalue weighted by Crippen LogP contribution is 1.97. The molecule has 2 N–H and O–H groups in total. The molecule has 0 saturated heterocycles. The first-order valence-electron chi connectivity index (χ1n) is 6.01. The molecular weight excluding hydrogens is 228 g/mol. The molecule has 4 nitrogen and oxygen atoms in total. The molecule has 1 aromatic rings. The minimum Gasteiger partial charge on any atom is -0.445 e. The molecule has 0 radical (unpaired) electrons. The molecule has 0 aliphatic rings. The van der Waals surface area contributed by atoms with Crippen LogP contribution in [0.5, 0.6) is 0 Å². The Morgan fingerprint density at radius 3 is 2.83 bits per heavy atom. The Balaban J connectivity index is 2.16. The second-order valence-corrected chi connectivity index (χ2v) is 4.04. The molecule has 0 bridgehead atoms. The SMILES string of the molecule is C=CCOC(=O)NC[C@H](C)NCc1ccccc1. The smallest absolute Gasteiger partial charge is 0.407 e. The van der Waals surface area contributed by atoms with Gasteiger partial charge in [-0.2, -0.15) is 0 Å². The van der Waals surface area contributed by atoms with Crippen LogP contribution in [0.2, 0.25) is 0 Å². The number of ether oxygens (including phenoxy) is 1. The minimum absolute atomic E-state index is 0.182. The maximum absolute atomic E-state index is 11.2. The molecule has 0 aliphatic carbocycles. The molecule has 1 rings (SSSR count). The van der Waals surface area contributed by atoms with Gasteiger partial charge in [-0.15, -0.1) is 0 Å². The van der Waals surface area contributed by atoms with Crippen molar-refractivity contribution in [3.63, 3.8) is 0 Å². The van der Waals surface area contributed by atoms with Crippen molar-refractivity contribution in [2.75, 3.05) is 13.2 Å². The van der Waals surface area contributed by atoms with Crippen LogP contribution in [-0.2, 0) is 11.3 Å². The highest BCUT2D eigenvalue weighted by atomic mass is 16.5. The van der Waals surface area contributed by atoms with Crippen molar-refractivity contribution in [2.45, 2.75) is 19.5 Å². The molecule has 1 amide bonds. The van der Waals surface area contributed by atoms with Crippen LogP contribution >= 0.6 is 0 Å². The van der Waals surface area contributed by atoms with Crippen molar-refractivity contribution in [3.8, 4) is 0 Å². The molecule has 98 valence electrons. The number of rotatable bonds is 7. The van der Waals surface area contributed by atoms with Crippen LogP contribution in [-0.4, -0.2) is 25.3 Å². The average Bonchev–Trinajstić information content (AvgIpc) is 2.41. The molecule has 0 aliphatic heterocycles. The molecule has 0 saturated carbocycles. The highest BCUT2D eigenvalue weighted by molar-refractivity contribution is 5.67. The molecule has 0 spiro atoms. The Labute approximate surface area is 108 Å². The van der Waals surface area contributed by atoms with E-state index in [0.29, 0.717) is 6.54 Å². The van der Waals surface area contributed by atoms with Crippen LogP contribution in [0.15, 0.2) is 43.0 Å². The zero-order valence-corrected chi connectivity index (χ0v) is 10.7. The van der Waals surface area contributed by atoms with Gasteiger partial charge in [-0.05, 0) is 12.5 Å². The van der Waals surface area contributed by atoms with Crippen LogP contribution in [0, 0.1) is 0 Å². The van der Waals surface area contributed by atoms with Crippen LogP contribution < -0.4 is 10.6 Å². The monoisotopic (exact) mass is 248 g/mol. The van der Waals surface area contributed by atoms with E-state index in [9.17, 15) is 4.79 Å². The molecule has 0 aromatic heterocycles. The molecule has 0 fully saturated rings. The fourth-order valence-electron chi connectivity index (χ4n) is 1.38. The first-order chi connectivity index (χ1) is 8.72. The number of benzene rings is 1. The lowest BCUT2D eigenvalue weighted by atomic mass is 10.2. The highest BCUT2D eigenvalue weighted by Gasteiger charge is 2.04. The van der Waals surface area contributed by atoms with E-state index in [1.165, 1.54) is 11.6 Å². The molecular formula is C14H20N2O2. The fourth-order valence-corrected chi connectivity index (χ4v) is 1.38. The summed E-state index contributed by atoms with van der Waals surface area (Å²) in [6.07, 6.45) is 1.12. The number of carbonyl (C=O) groups is 1. The number of nitrogens with one attached hydrogen (secondary N) is 2. The summed E-state index contributed by atoms with van der Waals surface area (Å²) < 4.78 is 4.81. The topological polar surface area (TPSA) is 50.4 Å². The Hall–Kier alpha value is -1.81. The summed E-state index contributed by atoms with van der Waals surface area (Å²) in [6, 6.07) is 10.3. The van der Waals surface area contributed by atoms with Gasteiger partial charge in [-0.25, -0.2) is 4.79 Å². The number of amides is 1. The lowest BCUT2D eigenvalue weighted by Crippen LogP contribution is -2.38. The Morgan fingerprint density at radius 1 is 1.44 bits per heavy atom. The Morgan fingerprint density at radius 2 is 2.17 bits per heavy atom. The van der Waals surface area contributed by atoms with Crippen molar-refractivity contribution in [3.05, 3.63) is 48.6 Å². The Bertz CT molecular complexity index is 365. The van der Waals surface area contributed by atoms with Gasteiger partial charge in [0.25, 0.3) is 0 Å². The summed E-state index contributed by atoms with van der Waals surface area (Å²) in [5.74, 6) is 0. The quantitative estimate of drug-likeness (QED) is 0.726. The van der Waals surface area contributed by atoms with Gasteiger partial charge in [0, 0.05) is 19.1 Å². The van der Waals surface area contributed by atoms with Gasteiger partial charge in [0.1, 0.15) is 6.61 Å². The second-order valence-electron chi connectivity index (χ2n) is 4.04. The summed E-state index contributed by atoms with van der Waals surface area (Å²) in [5.41, 5.74) is 1.22. The Kier molecular flexibility index (Phi) is 6.58. The first-order valence-corrected chi connectivity index (χ1v) is 6.01. The fraction of sp³-hybridized carbons (Fsp3) is 0.357. The lowest BCUT2D eigenvalue weighted by molar-refractivity contribution is 0.157. The second kappa shape index (κ2) is 8.31. The first kappa shape index (κ1) is 14.3. The molecule has 1 atom stereocenters. The van der Waals surface area contributed by atoms with Crippen LogP contribution in [0.4, 0.5) is 4.79 Å². The predicted octanol–water partition coefficient (Wildman–Crippen LogP) is 2.08. The zero-order chi connectivity index (χ0) is 13.2. The maximum Gasteiger partial charge on any atom is 0.407 e. The van der Waals surface area contributed by atoms with Crippen molar-refractivity contribution < 1.29 is 9.53 Å². The third-order valence-corrected chi connectivity index (χ3v) is 2.38. The van der Waals surface area contributed by atoms with E-state index in [0.717, 1.165) is 6.54 Å². The standard InChI is InChI=1S/C14H20N2O2/c1-3-9-18-14(17)16-10-12(2)15-11-13-7-5-4-6-8-13/h3-8,12,15H,1,9-11H2,2H3,(H,16,17)/t12-/m0/s1. The lowest BCUT2D eigenvalue weighted by Gasteiger charge is -2.14. The number of hydrogen-bond acceptors (Lipinski definition) is 3. The summed E-state index contributed by atoms with van der Waals surface area (Å²) in [7, 11) is 0. The van der Waals surface area contributed by atoms with E-state index >= 15 is 0 Å². The van der Waals surface area contributed by atoms with Crippen molar-refractivity contribution in [1.82, 2.24) is 10.6 Å². The summed E-state index contributed by atoms with van der Waals surface area (Å²) in [6.45, 7) is 7.03. The van der Waals surface area contributed by atoms with E-state index in [1.54, 1.807) is 0 Å². The molecule has 1 aromatic carbocycles. The van der Waals surface area contributed by atoms with Crippen LogP contribution in [0.1, 0.15) is 12.5 Å². The average molecular weight is 248 g/mol. The van der Waals surface area contributed by atoms with Gasteiger partial charge < -0.3 is 15.4 Å². The van der Waals surface area contributed by atoms with Crippen LogP contribution in [0.3, 0.4) is 0 Å². The third-order valence-electron chi connectivity index (χ3n) is 2.38. The van der Waals surface area contributed by atoms with Crippen molar-refractivity contribution in [1.29, 1.82) is 0 Å². The zero-order valence-electron chi connectivity index (χ0n) is 10.7. The third kappa shape index (κ3) is 6.06. The summed E-state index contributed by atoms with van der Waals surface area (Å²) in [5, 5.41) is 6.00. The largest absolute Gasteiger partial charge is 0.445 e. The normalized spacial score (nSPS) is 11.6. The van der Waals surface area contributed by atoms with Gasteiger partial charge in [0.15, 0.2) is 0 Å². The van der Waals surface area contributed by atoms with Crippen LogP contribution in [0.25, 0.3) is 0 Å². The summed E-state index contributed by atoms with van der Waals surface area (Å²) in [4.78, 5) is 11.2. The van der Waals surface area contributed by atoms with Gasteiger partial charge in [-0.1, -0.05) is 43.0 Å². The van der Waals surface area contributed by atoms with E-state index in [-0.39, 0.29) is 12.6 Å². The van der Waals surface area contributed by atoms with Gasteiger partial charge in [-0.3, -0.25) is 0 Å². The van der Waals surface area contributed by atoms with Gasteiger partial charge in [0.2, 0.25) is 0 Å². The van der Waals surface area contributed by atoms with Gasteiger partial charge >= 0.3 is 6.09 Å².